The summed E-state index contributed by atoms with van der Waals surface area (Å²) in [6.45, 7) is 2.10. The number of benzene rings is 1. The number of nitrogens with one attached hydrogen (secondary N) is 2. The van der Waals surface area contributed by atoms with Gasteiger partial charge in [0.15, 0.2) is 0 Å². The SMILES string of the molecule is O=C(CCN1CCN(S(=O)(=O)c2c[nH]c3ncccc23)CC1)Nc1ccc(Cl)cc1F. The van der Waals surface area contributed by atoms with Crippen molar-refractivity contribution in [2.45, 2.75) is 11.3 Å². The van der Waals surface area contributed by atoms with Crippen LogP contribution in [0, 0.1) is 5.82 Å². The summed E-state index contributed by atoms with van der Waals surface area (Å²) in [7, 11) is -3.65. The minimum Gasteiger partial charge on any atom is -0.345 e. The normalized spacial score (nSPS) is 15.9. The van der Waals surface area contributed by atoms with Crippen LogP contribution in [0.1, 0.15) is 6.42 Å². The predicted octanol–water partition coefficient (Wildman–Crippen LogP) is 2.69. The number of rotatable bonds is 6. The summed E-state index contributed by atoms with van der Waals surface area (Å²) >= 11 is 5.71. The molecule has 0 aliphatic carbocycles. The minimum absolute atomic E-state index is 0.0820. The lowest BCUT2D eigenvalue weighted by Crippen LogP contribution is -2.49. The van der Waals surface area contributed by atoms with Crippen molar-refractivity contribution in [3.63, 3.8) is 0 Å². The molecule has 2 N–H and O–H groups in total. The first-order chi connectivity index (χ1) is 14.8. The number of H-pyrrole nitrogens is 1. The van der Waals surface area contributed by atoms with Gasteiger partial charge in [0, 0.05) is 61.9 Å². The molecular weight excluding hydrogens is 445 g/mol. The molecule has 4 rings (SSSR count). The average Bonchev–Trinajstić information content (AvgIpc) is 3.20. The van der Waals surface area contributed by atoms with E-state index in [1.807, 2.05) is 4.90 Å². The zero-order valence-corrected chi connectivity index (χ0v) is 18.1. The van der Waals surface area contributed by atoms with E-state index < -0.39 is 15.8 Å². The van der Waals surface area contributed by atoms with Gasteiger partial charge in [-0.2, -0.15) is 4.31 Å². The largest absolute Gasteiger partial charge is 0.345 e. The molecule has 164 valence electrons. The molecule has 0 spiro atoms. The molecule has 3 aromatic rings. The minimum atomic E-state index is -3.65. The highest BCUT2D eigenvalue weighted by Crippen LogP contribution is 2.25. The highest BCUT2D eigenvalue weighted by molar-refractivity contribution is 7.89. The lowest BCUT2D eigenvalue weighted by molar-refractivity contribution is -0.116. The molecule has 1 aliphatic heterocycles. The molecule has 0 atom stereocenters. The quantitative estimate of drug-likeness (QED) is 0.583. The van der Waals surface area contributed by atoms with Crippen molar-refractivity contribution in [3.8, 4) is 0 Å². The van der Waals surface area contributed by atoms with E-state index in [1.165, 1.54) is 22.6 Å². The molecule has 1 aliphatic rings. The smallest absolute Gasteiger partial charge is 0.245 e. The molecule has 31 heavy (non-hydrogen) atoms. The first kappa shape index (κ1) is 21.7. The van der Waals surface area contributed by atoms with Crippen LogP contribution in [0.4, 0.5) is 10.1 Å². The Balaban J connectivity index is 1.31. The molecule has 0 bridgehead atoms. The van der Waals surface area contributed by atoms with E-state index in [1.54, 1.807) is 18.3 Å². The average molecular weight is 466 g/mol. The molecule has 1 fully saturated rings. The Kier molecular flexibility index (Phi) is 6.24. The van der Waals surface area contributed by atoms with Crippen LogP contribution in [-0.2, 0) is 14.8 Å². The molecule has 0 unspecified atom stereocenters. The van der Waals surface area contributed by atoms with Crippen molar-refractivity contribution < 1.29 is 17.6 Å². The second-order valence-corrected chi connectivity index (χ2v) is 9.56. The molecule has 0 saturated carbocycles. The number of piperazine rings is 1. The van der Waals surface area contributed by atoms with Crippen LogP contribution >= 0.6 is 11.6 Å². The highest BCUT2D eigenvalue weighted by atomic mass is 35.5. The van der Waals surface area contributed by atoms with Gasteiger partial charge < -0.3 is 15.2 Å². The topological polar surface area (TPSA) is 98.4 Å². The number of carbonyl (C=O) groups excluding carboxylic acids is 1. The Labute approximate surface area is 184 Å². The first-order valence-electron chi connectivity index (χ1n) is 9.74. The van der Waals surface area contributed by atoms with E-state index >= 15 is 0 Å². The Hall–Kier alpha value is -2.53. The van der Waals surface area contributed by atoms with Crippen molar-refractivity contribution in [2.24, 2.45) is 0 Å². The van der Waals surface area contributed by atoms with Gasteiger partial charge in [-0.1, -0.05) is 11.6 Å². The van der Waals surface area contributed by atoms with Crippen molar-refractivity contribution in [3.05, 3.63) is 53.6 Å². The number of halogens is 2. The molecule has 0 radical (unpaired) electrons. The van der Waals surface area contributed by atoms with Crippen molar-refractivity contribution in [1.29, 1.82) is 0 Å². The zero-order valence-electron chi connectivity index (χ0n) is 16.5. The van der Waals surface area contributed by atoms with E-state index in [2.05, 4.69) is 15.3 Å². The third-order valence-electron chi connectivity index (χ3n) is 5.22. The fourth-order valence-corrected chi connectivity index (χ4v) is 5.27. The van der Waals surface area contributed by atoms with Crippen molar-refractivity contribution in [2.75, 3.05) is 38.0 Å². The van der Waals surface area contributed by atoms with Crippen molar-refractivity contribution in [1.82, 2.24) is 19.2 Å². The van der Waals surface area contributed by atoms with E-state index in [9.17, 15) is 17.6 Å². The molecule has 8 nitrogen and oxygen atoms in total. The van der Waals surface area contributed by atoms with Gasteiger partial charge in [-0.15, -0.1) is 0 Å². The zero-order chi connectivity index (χ0) is 22.0. The van der Waals surface area contributed by atoms with Gasteiger partial charge in [0.1, 0.15) is 16.4 Å². The Bertz CT molecular complexity index is 1210. The van der Waals surface area contributed by atoms with E-state index in [4.69, 9.17) is 11.6 Å². The standard InChI is InChI=1S/C20H21ClFN5O3S/c21-14-3-4-17(16(22)12-14)25-19(28)5-7-26-8-10-27(11-9-26)31(29,30)18-13-24-20-15(18)2-1-6-23-20/h1-4,6,12-13H,5,7-11H2,(H,23,24)(H,25,28). The van der Waals surface area contributed by atoms with Crippen LogP contribution in [0.2, 0.25) is 5.02 Å². The fourth-order valence-electron chi connectivity index (χ4n) is 3.54. The summed E-state index contributed by atoms with van der Waals surface area (Å²) in [5.74, 6) is -0.908. The van der Waals surface area contributed by atoms with Gasteiger partial charge in [-0.05, 0) is 30.3 Å². The molecule has 1 saturated heterocycles. The van der Waals surface area contributed by atoms with Crippen LogP contribution in [-0.4, -0.2) is 66.2 Å². The lowest BCUT2D eigenvalue weighted by Gasteiger charge is -2.33. The monoisotopic (exact) mass is 465 g/mol. The van der Waals surface area contributed by atoms with Gasteiger partial charge in [0.25, 0.3) is 0 Å². The molecule has 2 aromatic heterocycles. The Morgan fingerprint density at radius 1 is 1.23 bits per heavy atom. The Morgan fingerprint density at radius 2 is 2.00 bits per heavy atom. The summed E-state index contributed by atoms with van der Waals surface area (Å²) in [6, 6.07) is 7.49. The van der Waals surface area contributed by atoms with Gasteiger partial charge in [0.2, 0.25) is 15.9 Å². The van der Waals surface area contributed by atoms with Gasteiger partial charge in [-0.25, -0.2) is 17.8 Å². The molecule has 1 amide bonds. The van der Waals surface area contributed by atoms with Crippen LogP contribution in [0.25, 0.3) is 11.0 Å². The first-order valence-corrected chi connectivity index (χ1v) is 11.6. The summed E-state index contributed by atoms with van der Waals surface area (Å²) in [5, 5.41) is 3.35. The van der Waals surface area contributed by atoms with Crippen LogP contribution in [0.5, 0.6) is 0 Å². The van der Waals surface area contributed by atoms with Crippen LogP contribution in [0.3, 0.4) is 0 Å². The number of carbonyl (C=O) groups is 1. The van der Waals surface area contributed by atoms with Crippen molar-refractivity contribution >= 4 is 44.3 Å². The number of anilines is 1. The third kappa shape index (κ3) is 4.72. The molecule has 11 heteroatoms. The van der Waals surface area contributed by atoms with Gasteiger partial charge >= 0.3 is 0 Å². The second kappa shape index (κ2) is 8.91. The number of fused-ring (bicyclic) bond motifs is 1. The number of aromatic amines is 1. The number of pyridine rings is 1. The molecule has 1 aromatic carbocycles. The number of amides is 1. The third-order valence-corrected chi connectivity index (χ3v) is 7.40. The van der Waals surface area contributed by atoms with Crippen LogP contribution in [0.15, 0.2) is 47.6 Å². The van der Waals surface area contributed by atoms with E-state index in [0.717, 1.165) is 6.07 Å². The Morgan fingerprint density at radius 3 is 2.74 bits per heavy atom. The maximum atomic E-state index is 13.8. The number of sulfonamides is 1. The summed E-state index contributed by atoms with van der Waals surface area (Å²) in [4.78, 5) is 21.4. The number of hydrogen-bond acceptors (Lipinski definition) is 5. The summed E-state index contributed by atoms with van der Waals surface area (Å²) in [5.41, 5.74) is 0.612. The lowest BCUT2D eigenvalue weighted by atomic mass is 10.2. The van der Waals surface area contributed by atoms with E-state index in [0.29, 0.717) is 43.8 Å². The fraction of sp³-hybridized carbons (Fsp3) is 0.300. The maximum absolute atomic E-state index is 13.8. The number of aromatic nitrogens is 2. The predicted molar refractivity (Wildman–Crippen MR) is 116 cm³/mol. The summed E-state index contributed by atoms with van der Waals surface area (Å²) in [6.07, 6.45) is 3.24. The molecule has 3 heterocycles. The van der Waals surface area contributed by atoms with Gasteiger partial charge in [-0.3, -0.25) is 4.79 Å². The molecular formula is C20H21ClFN5O3S. The van der Waals surface area contributed by atoms with E-state index in [-0.39, 0.29) is 27.9 Å². The van der Waals surface area contributed by atoms with Crippen LogP contribution < -0.4 is 5.32 Å². The second-order valence-electron chi connectivity index (χ2n) is 7.22. The highest BCUT2D eigenvalue weighted by Gasteiger charge is 2.30. The number of nitrogens with zero attached hydrogens (tertiary/aromatic N) is 3. The maximum Gasteiger partial charge on any atom is 0.245 e. The number of hydrogen-bond donors (Lipinski definition) is 2. The van der Waals surface area contributed by atoms with Gasteiger partial charge in [0.05, 0.1) is 5.69 Å². The summed E-state index contributed by atoms with van der Waals surface area (Å²) < 4.78 is 41.3.